The minimum atomic E-state index is -1.35. The maximum Gasteiger partial charge on any atom is 0.251 e. The van der Waals surface area contributed by atoms with Crippen LogP contribution in [0.5, 0.6) is 0 Å². The molecular formula is C13H16F2N2O3. The topological polar surface area (TPSA) is 92.4 Å². The van der Waals surface area contributed by atoms with Crippen LogP contribution in [0.15, 0.2) is 12.1 Å². The predicted molar refractivity (Wildman–Crippen MR) is 67.6 cm³/mol. The Balaban J connectivity index is 2.83. The number of primary amides is 1. The van der Waals surface area contributed by atoms with E-state index in [9.17, 15) is 23.5 Å². The average Bonchev–Trinajstić information content (AvgIpc) is 2.38. The van der Waals surface area contributed by atoms with Gasteiger partial charge in [0.05, 0.1) is 5.56 Å². The minimum Gasteiger partial charge on any atom is -0.383 e. The van der Waals surface area contributed by atoms with Crippen molar-refractivity contribution in [1.29, 1.82) is 0 Å². The highest BCUT2D eigenvalue weighted by molar-refractivity contribution is 5.93. The van der Waals surface area contributed by atoms with E-state index in [4.69, 9.17) is 5.73 Å². The number of hydrogen-bond donors (Lipinski definition) is 3. The Bertz CT molecular complexity index is 533. The molecule has 7 heteroatoms. The van der Waals surface area contributed by atoms with E-state index < -0.39 is 35.1 Å². The zero-order valence-electron chi connectivity index (χ0n) is 11.1. The van der Waals surface area contributed by atoms with Gasteiger partial charge in [0.15, 0.2) is 11.6 Å². The Morgan fingerprint density at radius 3 is 2.40 bits per heavy atom. The van der Waals surface area contributed by atoms with Crippen molar-refractivity contribution in [2.45, 2.75) is 26.5 Å². The Morgan fingerprint density at radius 1 is 1.30 bits per heavy atom. The van der Waals surface area contributed by atoms with E-state index in [0.29, 0.717) is 0 Å². The molecule has 0 heterocycles. The second-order valence-corrected chi connectivity index (χ2v) is 4.67. The summed E-state index contributed by atoms with van der Waals surface area (Å²) >= 11 is 0. The van der Waals surface area contributed by atoms with Crippen LogP contribution in [0.4, 0.5) is 8.78 Å². The van der Waals surface area contributed by atoms with Crippen LogP contribution < -0.4 is 11.1 Å². The number of carbonyl (C=O) groups is 2. The summed E-state index contributed by atoms with van der Waals surface area (Å²) in [7, 11) is 0. The molecule has 1 unspecified atom stereocenters. The molecule has 0 bridgehead atoms. The van der Waals surface area contributed by atoms with Gasteiger partial charge in [0.2, 0.25) is 5.91 Å². The number of hydrogen-bond acceptors (Lipinski definition) is 3. The molecule has 1 atom stereocenters. The lowest BCUT2D eigenvalue weighted by Crippen LogP contribution is -2.37. The molecular weight excluding hydrogens is 270 g/mol. The fourth-order valence-corrected chi connectivity index (χ4v) is 1.51. The highest BCUT2D eigenvalue weighted by atomic mass is 19.2. The molecule has 0 aliphatic carbocycles. The maximum absolute atomic E-state index is 13.6. The van der Waals surface area contributed by atoms with Crippen LogP contribution in [0.2, 0.25) is 0 Å². The van der Waals surface area contributed by atoms with Gasteiger partial charge in [0, 0.05) is 12.1 Å². The standard InChI is InChI=1S/C13H16F2N2O3/c1-6(2)11(18)13(20)17-5-7-3-4-8(12(16)19)10(15)9(7)14/h3-4,6,11,18H,5H2,1-2H3,(H2,16,19)(H,17,20). The van der Waals surface area contributed by atoms with Crippen LogP contribution in [-0.4, -0.2) is 23.0 Å². The van der Waals surface area contributed by atoms with Crippen LogP contribution in [0, 0.1) is 17.6 Å². The van der Waals surface area contributed by atoms with Gasteiger partial charge in [0.1, 0.15) is 6.10 Å². The molecule has 20 heavy (non-hydrogen) atoms. The molecule has 0 spiro atoms. The van der Waals surface area contributed by atoms with Gasteiger partial charge in [-0.05, 0) is 12.0 Å². The minimum absolute atomic E-state index is 0.142. The van der Waals surface area contributed by atoms with Crippen LogP contribution in [0.25, 0.3) is 0 Å². The molecule has 0 radical (unpaired) electrons. The molecule has 1 rings (SSSR count). The van der Waals surface area contributed by atoms with E-state index in [1.807, 2.05) is 0 Å². The van der Waals surface area contributed by atoms with Crippen LogP contribution >= 0.6 is 0 Å². The molecule has 4 N–H and O–H groups in total. The lowest BCUT2D eigenvalue weighted by molar-refractivity contribution is -0.131. The van der Waals surface area contributed by atoms with Gasteiger partial charge < -0.3 is 16.2 Å². The summed E-state index contributed by atoms with van der Waals surface area (Å²) in [4.78, 5) is 22.3. The van der Waals surface area contributed by atoms with Crippen LogP contribution in [0.3, 0.4) is 0 Å². The van der Waals surface area contributed by atoms with Gasteiger partial charge in [-0.25, -0.2) is 8.78 Å². The van der Waals surface area contributed by atoms with Crippen molar-refractivity contribution < 1.29 is 23.5 Å². The highest BCUT2D eigenvalue weighted by Gasteiger charge is 2.20. The molecule has 1 aromatic rings. The summed E-state index contributed by atoms with van der Waals surface area (Å²) in [6, 6.07) is 2.20. The smallest absolute Gasteiger partial charge is 0.251 e. The van der Waals surface area contributed by atoms with Crippen molar-refractivity contribution in [3.8, 4) is 0 Å². The van der Waals surface area contributed by atoms with Gasteiger partial charge >= 0.3 is 0 Å². The normalized spacial score (nSPS) is 12.3. The van der Waals surface area contributed by atoms with Gasteiger partial charge in [-0.1, -0.05) is 19.9 Å². The summed E-state index contributed by atoms with van der Waals surface area (Å²) in [6.45, 7) is 2.99. The second-order valence-electron chi connectivity index (χ2n) is 4.67. The zero-order chi connectivity index (χ0) is 15.4. The lowest BCUT2D eigenvalue weighted by atomic mass is 10.1. The number of aliphatic hydroxyl groups is 1. The zero-order valence-corrected chi connectivity index (χ0v) is 11.1. The fraction of sp³-hybridized carbons (Fsp3) is 0.385. The van der Waals surface area contributed by atoms with E-state index in [1.165, 1.54) is 0 Å². The maximum atomic E-state index is 13.6. The monoisotopic (exact) mass is 286 g/mol. The highest BCUT2D eigenvalue weighted by Crippen LogP contribution is 2.16. The van der Waals surface area contributed by atoms with E-state index in [1.54, 1.807) is 13.8 Å². The molecule has 0 aliphatic heterocycles. The van der Waals surface area contributed by atoms with Gasteiger partial charge in [-0.3, -0.25) is 9.59 Å². The number of nitrogens with one attached hydrogen (secondary N) is 1. The first-order chi connectivity index (χ1) is 9.25. The van der Waals surface area contributed by atoms with E-state index in [2.05, 4.69) is 5.32 Å². The van der Waals surface area contributed by atoms with Gasteiger partial charge in [-0.15, -0.1) is 0 Å². The number of carbonyl (C=O) groups excluding carboxylic acids is 2. The molecule has 0 saturated carbocycles. The third kappa shape index (κ3) is 3.51. The number of amides is 2. The molecule has 110 valence electrons. The Kier molecular flexibility index (Phi) is 5.15. The van der Waals surface area contributed by atoms with Gasteiger partial charge in [-0.2, -0.15) is 0 Å². The van der Waals surface area contributed by atoms with Crippen molar-refractivity contribution in [3.63, 3.8) is 0 Å². The Morgan fingerprint density at radius 2 is 1.90 bits per heavy atom. The molecule has 0 saturated heterocycles. The quantitative estimate of drug-likeness (QED) is 0.743. The Labute approximate surface area is 114 Å². The van der Waals surface area contributed by atoms with Crippen molar-refractivity contribution in [1.82, 2.24) is 5.32 Å². The van der Waals surface area contributed by atoms with E-state index in [-0.39, 0.29) is 18.0 Å². The van der Waals surface area contributed by atoms with Crippen molar-refractivity contribution in [2.75, 3.05) is 0 Å². The first kappa shape index (κ1) is 16.0. The van der Waals surface area contributed by atoms with E-state index in [0.717, 1.165) is 12.1 Å². The number of halogens is 2. The number of benzene rings is 1. The first-order valence-corrected chi connectivity index (χ1v) is 5.98. The fourth-order valence-electron chi connectivity index (χ4n) is 1.51. The lowest BCUT2D eigenvalue weighted by Gasteiger charge is -2.14. The SMILES string of the molecule is CC(C)C(O)C(=O)NCc1ccc(C(N)=O)c(F)c1F. The molecule has 0 aliphatic rings. The number of nitrogens with two attached hydrogens (primary N) is 1. The predicted octanol–water partition coefficient (Wildman–Crippen LogP) is 0.697. The van der Waals surface area contributed by atoms with Crippen molar-refractivity contribution >= 4 is 11.8 Å². The average molecular weight is 286 g/mol. The van der Waals surface area contributed by atoms with E-state index >= 15 is 0 Å². The van der Waals surface area contributed by atoms with Crippen LogP contribution in [0.1, 0.15) is 29.8 Å². The van der Waals surface area contributed by atoms with Crippen molar-refractivity contribution in [3.05, 3.63) is 34.9 Å². The number of rotatable bonds is 5. The van der Waals surface area contributed by atoms with Gasteiger partial charge in [0.25, 0.3) is 5.91 Å². The largest absolute Gasteiger partial charge is 0.383 e. The molecule has 2 amide bonds. The van der Waals surface area contributed by atoms with Crippen LogP contribution in [-0.2, 0) is 11.3 Å². The summed E-state index contributed by atoms with van der Waals surface area (Å²) in [5.41, 5.74) is 4.18. The van der Waals surface area contributed by atoms with Crippen molar-refractivity contribution in [2.24, 2.45) is 11.7 Å². The summed E-state index contributed by atoms with van der Waals surface area (Å²) in [5.74, 6) is -4.66. The molecule has 0 fully saturated rings. The summed E-state index contributed by atoms with van der Waals surface area (Å²) in [5, 5.41) is 11.8. The third-order valence-electron chi connectivity index (χ3n) is 2.78. The number of aliphatic hydroxyl groups excluding tert-OH is 1. The molecule has 1 aromatic carbocycles. The summed E-state index contributed by atoms with van der Waals surface area (Å²) < 4.78 is 27.1. The molecule has 5 nitrogen and oxygen atoms in total. The first-order valence-electron chi connectivity index (χ1n) is 5.98. The molecule has 0 aromatic heterocycles. The summed E-state index contributed by atoms with van der Waals surface area (Å²) in [6.07, 6.45) is -1.23. The third-order valence-corrected chi connectivity index (χ3v) is 2.78. The Hall–Kier alpha value is -2.02. The second kappa shape index (κ2) is 6.42.